The maximum Gasteiger partial charge on any atom is 0.130 e. The highest BCUT2D eigenvalue weighted by molar-refractivity contribution is 5.75. The van der Waals surface area contributed by atoms with Crippen LogP contribution in [-0.4, -0.2) is 15.8 Å². The number of benzene rings is 1. The first kappa shape index (κ1) is 19.8. The van der Waals surface area contributed by atoms with Crippen LogP contribution in [-0.2, 0) is 17.6 Å². The SMILES string of the molecule is CCC(C)Cc1ncc(C#Cc2ccc(CC(C)CC(C)=O)cc2)cn1. The Morgan fingerprint density at radius 1 is 0.962 bits per heavy atom. The number of Topliss-reactive ketones (excluding diaryl/α,β-unsaturated/α-hetero) is 1. The second-order valence-corrected chi connectivity index (χ2v) is 7.27. The zero-order chi connectivity index (χ0) is 18.9. The fourth-order valence-corrected chi connectivity index (χ4v) is 2.81. The van der Waals surface area contributed by atoms with Gasteiger partial charge in [-0.2, -0.15) is 0 Å². The Bertz CT molecular complexity index is 767. The monoisotopic (exact) mass is 348 g/mol. The van der Waals surface area contributed by atoms with Gasteiger partial charge < -0.3 is 4.79 Å². The van der Waals surface area contributed by atoms with Gasteiger partial charge in [-0.15, -0.1) is 0 Å². The normalized spacial score (nSPS) is 12.8. The van der Waals surface area contributed by atoms with Crippen LogP contribution in [0.15, 0.2) is 36.7 Å². The molecule has 1 aromatic heterocycles. The molecule has 1 heterocycles. The molecule has 0 amide bonds. The van der Waals surface area contributed by atoms with Crippen LogP contribution in [0, 0.1) is 23.7 Å². The van der Waals surface area contributed by atoms with Gasteiger partial charge in [-0.3, -0.25) is 0 Å². The van der Waals surface area contributed by atoms with Crippen molar-refractivity contribution in [3.8, 4) is 11.8 Å². The minimum absolute atomic E-state index is 0.248. The summed E-state index contributed by atoms with van der Waals surface area (Å²) < 4.78 is 0. The fraction of sp³-hybridized carbons (Fsp3) is 0.435. The van der Waals surface area contributed by atoms with E-state index in [-0.39, 0.29) is 5.78 Å². The molecular formula is C23H28N2O. The number of carbonyl (C=O) groups is 1. The van der Waals surface area contributed by atoms with E-state index in [2.05, 4.69) is 54.7 Å². The fourth-order valence-electron chi connectivity index (χ4n) is 2.81. The molecule has 26 heavy (non-hydrogen) atoms. The lowest BCUT2D eigenvalue weighted by Crippen LogP contribution is -2.04. The summed E-state index contributed by atoms with van der Waals surface area (Å²) in [6.45, 7) is 8.15. The second kappa shape index (κ2) is 9.87. The summed E-state index contributed by atoms with van der Waals surface area (Å²) in [5, 5.41) is 0. The number of carbonyl (C=O) groups excluding carboxylic acids is 1. The van der Waals surface area contributed by atoms with Crippen molar-refractivity contribution in [2.45, 2.75) is 53.4 Å². The first-order chi connectivity index (χ1) is 12.5. The number of ketones is 1. The van der Waals surface area contributed by atoms with Crippen molar-refractivity contribution >= 4 is 5.78 Å². The molecule has 0 aliphatic carbocycles. The van der Waals surface area contributed by atoms with E-state index in [9.17, 15) is 4.79 Å². The van der Waals surface area contributed by atoms with Gasteiger partial charge in [0.15, 0.2) is 0 Å². The van der Waals surface area contributed by atoms with E-state index in [0.29, 0.717) is 18.3 Å². The molecular weight excluding hydrogens is 320 g/mol. The van der Waals surface area contributed by atoms with Gasteiger partial charge in [-0.05, 0) is 42.9 Å². The average molecular weight is 348 g/mol. The molecule has 2 atom stereocenters. The molecule has 2 unspecified atom stereocenters. The lowest BCUT2D eigenvalue weighted by Gasteiger charge is -2.09. The minimum atomic E-state index is 0.248. The number of aromatic nitrogens is 2. The quantitative estimate of drug-likeness (QED) is 0.686. The summed E-state index contributed by atoms with van der Waals surface area (Å²) in [7, 11) is 0. The van der Waals surface area contributed by atoms with Crippen LogP contribution >= 0.6 is 0 Å². The third kappa shape index (κ3) is 6.80. The molecule has 0 saturated heterocycles. The van der Waals surface area contributed by atoms with Gasteiger partial charge in [0.2, 0.25) is 0 Å². The molecule has 0 radical (unpaired) electrons. The summed E-state index contributed by atoms with van der Waals surface area (Å²) in [5.74, 6) is 8.39. The minimum Gasteiger partial charge on any atom is -0.300 e. The molecule has 136 valence electrons. The Balaban J connectivity index is 1.96. The average Bonchev–Trinajstić information content (AvgIpc) is 2.61. The summed E-state index contributed by atoms with van der Waals surface area (Å²) in [6, 6.07) is 8.24. The molecule has 2 aromatic rings. The number of nitrogens with zero attached hydrogens (tertiary/aromatic N) is 2. The molecule has 0 bridgehead atoms. The smallest absolute Gasteiger partial charge is 0.130 e. The van der Waals surface area contributed by atoms with Crippen LogP contribution in [0.2, 0.25) is 0 Å². The lowest BCUT2D eigenvalue weighted by molar-refractivity contribution is -0.117. The van der Waals surface area contributed by atoms with Crippen molar-refractivity contribution < 1.29 is 4.79 Å². The molecule has 0 fully saturated rings. The third-order valence-electron chi connectivity index (χ3n) is 4.46. The Hall–Kier alpha value is -2.47. The van der Waals surface area contributed by atoms with Crippen LogP contribution in [0.3, 0.4) is 0 Å². The van der Waals surface area contributed by atoms with E-state index in [1.54, 1.807) is 19.3 Å². The maximum atomic E-state index is 11.2. The Labute approximate surface area is 157 Å². The van der Waals surface area contributed by atoms with Gasteiger partial charge >= 0.3 is 0 Å². The van der Waals surface area contributed by atoms with Crippen molar-refractivity contribution in [1.29, 1.82) is 0 Å². The number of rotatable bonds is 7. The predicted molar refractivity (Wildman–Crippen MR) is 106 cm³/mol. The first-order valence-corrected chi connectivity index (χ1v) is 9.37. The molecule has 0 N–H and O–H groups in total. The molecule has 3 nitrogen and oxygen atoms in total. The van der Waals surface area contributed by atoms with Gasteiger partial charge in [0.25, 0.3) is 0 Å². The largest absolute Gasteiger partial charge is 0.300 e. The highest BCUT2D eigenvalue weighted by atomic mass is 16.1. The number of hydrogen-bond acceptors (Lipinski definition) is 3. The number of hydrogen-bond donors (Lipinski definition) is 0. The second-order valence-electron chi connectivity index (χ2n) is 7.27. The van der Waals surface area contributed by atoms with Crippen molar-refractivity contribution in [3.63, 3.8) is 0 Å². The van der Waals surface area contributed by atoms with Crippen LogP contribution in [0.4, 0.5) is 0 Å². The maximum absolute atomic E-state index is 11.2. The van der Waals surface area contributed by atoms with Crippen LogP contribution in [0.25, 0.3) is 0 Å². The molecule has 0 saturated carbocycles. The highest BCUT2D eigenvalue weighted by Gasteiger charge is 2.06. The highest BCUT2D eigenvalue weighted by Crippen LogP contribution is 2.13. The Morgan fingerprint density at radius 3 is 2.15 bits per heavy atom. The van der Waals surface area contributed by atoms with Crippen molar-refractivity contribution in [3.05, 3.63) is 59.2 Å². The molecule has 0 aliphatic heterocycles. The van der Waals surface area contributed by atoms with Crippen LogP contribution in [0.1, 0.15) is 63.1 Å². The first-order valence-electron chi connectivity index (χ1n) is 9.37. The van der Waals surface area contributed by atoms with E-state index in [4.69, 9.17) is 0 Å². The Kier molecular flexibility index (Phi) is 7.53. The zero-order valence-corrected chi connectivity index (χ0v) is 16.2. The van der Waals surface area contributed by atoms with E-state index in [1.807, 2.05) is 12.1 Å². The van der Waals surface area contributed by atoms with Crippen LogP contribution < -0.4 is 0 Å². The molecule has 0 aliphatic rings. The van der Waals surface area contributed by atoms with Crippen molar-refractivity contribution in [1.82, 2.24) is 9.97 Å². The van der Waals surface area contributed by atoms with Gasteiger partial charge in [0, 0.05) is 30.8 Å². The van der Waals surface area contributed by atoms with Gasteiger partial charge in [-0.1, -0.05) is 51.2 Å². The summed E-state index contributed by atoms with van der Waals surface area (Å²) >= 11 is 0. The van der Waals surface area contributed by atoms with Crippen molar-refractivity contribution in [2.75, 3.05) is 0 Å². The van der Waals surface area contributed by atoms with Crippen molar-refractivity contribution in [2.24, 2.45) is 11.8 Å². The standard InChI is InChI=1S/C23H28N2O/c1-5-17(2)14-23-24-15-22(16-25-23)11-8-20-6-9-21(10-7-20)13-18(3)12-19(4)26/h6-7,9-10,15-18H,5,12-14H2,1-4H3. The van der Waals surface area contributed by atoms with Gasteiger partial charge in [0.1, 0.15) is 11.6 Å². The summed E-state index contributed by atoms with van der Waals surface area (Å²) in [4.78, 5) is 20.0. The van der Waals surface area contributed by atoms with Crippen LogP contribution in [0.5, 0.6) is 0 Å². The van der Waals surface area contributed by atoms with Gasteiger partial charge in [-0.25, -0.2) is 9.97 Å². The molecule has 0 spiro atoms. The topological polar surface area (TPSA) is 42.9 Å². The molecule has 3 heteroatoms. The zero-order valence-electron chi connectivity index (χ0n) is 16.2. The van der Waals surface area contributed by atoms with E-state index in [0.717, 1.165) is 36.2 Å². The molecule has 1 aromatic carbocycles. The summed E-state index contributed by atoms with van der Waals surface area (Å²) in [6.07, 6.45) is 7.20. The third-order valence-corrected chi connectivity index (χ3v) is 4.46. The summed E-state index contributed by atoms with van der Waals surface area (Å²) in [5.41, 5.74) is 3.04. The van der Waals surface area contributed by atoms with E-state index < -0.39 is 0 Å². The van der Waals surface area contributed by atoms with Gasteiger partial charge in [0.05, 0.1) is 5.56 Å². The van der Waals surface area contributed by atoms with E-state index in [1.165, 1.54) is 5.56 Å². The predicted octanol–water partition coefficient (Wildman–Crippen LogP) is 4.62. The van der Waals surface area contributed by atoms with E-state index >= 15 is 0 Å². The molecule has 2 rings (SSSR count). The lowest BCUT2D eigenvalue weighted by atomic mass is 9.96. The Morgan fingerprint density at radius 2 is 1.58 bits per heavy atom.